The number of fused-ring (bicyclic) bond motifs is 1. The largest absolute Gasteiger partial charge is 0.358 e. The maximum Gasteiger partial charge on any atom is 0.250 e. The van der Waals surface area contributed by atoms with Crippen LogP contribution in [0.25, 0.3) is 22.3 Å². The molecule has 3 aromatic heterocycles. The van der Waals surface area contributed by atoms with E-state index in [2.05, 4.69) is 20.4 Å². The molecule has 150 valence electrons. The molecule has 1 atom stereocenters. The van der Waals surface area contributed by atoms with Crippen molar-refractivity contribution in [3.63, 3.8) is 0 Å². The third-order valence-electron chi connectivity index (χ3n) is 5.29. The molecular weight excluding hydrogens is 378 g/mol. The molecule has 30 heavy (non-hydrogen) atoms. The second-order valence-corrected chi connectivity index (χ2v) is 7.40. The summed E-state index contributed by atoms with van der Waals surface area (Å²) in [5.74, 6) is 2.06. The van der Waals surface area contributed by atoms with Crippen LogP contribution in [0.4, 0.5) is 11.6 Å². The fourth-order valence-corrected chi connectivity index (χ4v) is 3.87. The highest BCUT2D eigenvalue weighted by atomic mass is 16.2. The molecule has 1 saturated heterocycles. The molecule has 8 heteroatoms. The van der Waals surface area contributed by atoms with Crippen molar-refractivity contribution >= 4 is 28.4 Å². The lowest BCUT2D eigenvalue weighted by Crippen LogP contribution is -2.34. The molecule has 5 rings (SSSR count). The number of carbonyl (C=O) groups is 1. The van der Waals surface area contributed by atoms with E-state index in [0.29, 0.717) is 24.6 Å². The fraction of sp³-hybridized carbons (Fsp3) is 0.227. The first-order chi connectivity index (χ1) is 14.6. The molecule has 0 spiro atoms. The van der Waals surface area contributed by atoms with E-state index in [1.165, 1.54) is 0 Å². The summed E-state index contributed by atoms with van der Waals surface area (Å²) in [6.07, 6.45) is 4.14. The molecule has 0 bridgehead atoms. The van der Waals surface area contributed by atoms with E-state index in [1.54, 1.807) is 22.0 Å². The van der Waals surface area contributed by atoms with Crippen molar-refractivity contribution < 1.29 is 4.79 Å². The zero-order valence-corrected chi connectivity index (χ0v) is 16.8. The van der Waals surface area contributed by atoms with Gasteiger partial charge in [0, 0.05) is 43.0 Å². The Morgan fingerprint density at radius 3 is 2.77 bits per heavy atom. The molecule has 1 aliphatic rings. The summed E-state index contributed by atoms with van der Waals surface area (Å²) in [6.45, 7) is 2.56. The number of para-hydroxylation sites is 1. The summed E-state index contributed by atoms with van der Waals surface area (Å²) in [6, 6.07) is 13.2. The van der Waals surface area contributed by atoms with E-state index in [0.717, 1.165) is 28.0 Å². The van der Waals surface area contributed by atoms with E-state index in [9.17, 15) is 4.79 Å². The molecule has 1 aromatic carbocycles. The van der Waals surface area contributed by atoms with Crippen LogP contribution in [0, 0.1) is 6.92 Å². The quantitative estimate of drug-likeness (QED) is 0.568. The molecule has 1 fully saturated rings. The summed E-state index contributed by atoms with van der Waals surface area (Å²) in [5, 5.41) is 8.62. The zero-order chi connectivity index (χ0) is 20.7. The second-order valence-electron chi connectivity index (χ2n) is 7.40. The van der Waals surface area contributed by atoms with Crippen molar-refractivity contribution in [3.8, 4) is 11.4 Å². The van der Waals surface area contributed by atoms with E-state index < -0.39 is 0 Å². The summed E-state index contributed by atoms with van der Waals surface area (Å²) in [7, 11) is 1.86. The molecular formula is C22H21N7O. The normalized spacial score (nSPS) is 16.4. The van der Waals surface area contributed by atoms with Gasteiger partial charge in [-0.15, -0.1) is 0 Å². The Labute approximate surface area is 173 Å². The molecule has 0 saturated carbocycles. The van der Waals surface area contributed by atoms with Gasteiger partial charge in [0.15, 0.2) is 5.82 Å². The number of aryl methyl sites for hydroxylation is 2. The third kappa shape index (κ3) is 3.16. The van der Waals surface area contributed by atoms with Crippen LogP contribution < -0.4 is 10.2 Å². The van der Waals surface area contributed by atoms with Gasteiger partial charge in [-0.25, -0.2) is 9.97 Å². The molecule has 0 radical (unpaired) electrons. The van der Waals surface area contributed by atoms with Crippen molar-refractivity contribution in [2.45, 2.75) is 19.4 Å². The van der Waals surface area contributed by atoms with Gasteiger partial charge in [-0.05, 0) is 37.6 Å². The molecule has 4 aromatic rings. The molecule has 1 aliphatic heterocycles. The standard InChI is InChI=1S/C22H21N7O/c1-14-12-19(28(2)27-14)29-11-9-18(22(29)30)25-21-16-7-3-4-8-17(16)24-20(26-21)15-6-5-10-23-13-15/h3-8,10,12-13,18H,9,11H2,1-2H3,(H,24,25,26). The maximum atomic E-state index is 13.1. The van der Waals surface area contributed by atoms with Gasteiger partial charge in [0.2, 0.25) is 0 Å². The Hall–Kier alpha value is -3.81. The van der Waals surface area contributed by atoms with Crippen LogP contribution in [0.2, 0.25) is 0 Å². The Balaban J connectivity index is 1.49. The highest BCUT2D eigenvalue weighted by Gasteiger charge is 2.34. The van der Waals surface area contributed by atoms with Crippen LogP contribution in [0.1, 0.15) is 12.1 Å². The van der Waals surface area contributed by atoms with Gasteiger partial charge < -0.3 is 5.32 Å². The van der Waals surface area contributed by atoms with Crippen molar-refractivity contribution in [1.82, 2.24) is 24.7 Å². The van der Waals surface area contributed by atoms with Crippen molar-refractivity contribution in [1.29, 1.82) is 0 Å². The van der Waals surface area contributed by atoms with Gasteiger partial charge in [0.1, 0.15) is 17.7 Å². The third-order valence-corrected chi connectivity index (χ3v) is 5.29. The number of anilines is 2. The minimum Gasteiger partial charge on any atom is -0.358 e. The average molecular weight is 399 g/mol. The number of pyridine rings is 1. The highest BCUT2D eigenvalue weighted by molar-refractivity contribution is 6.01. The molecule has 8 nitrogen and oxygen atoms in total. The summed E-state index contributed by atoms with van der Waals surface area (Å²) < 4.78 is 1.75. The second kappa shape index (κ2) is 7.22. The first kappa shape index (κ1) is 18.2. The van der Waals surface area contributed by atoms with Gasteiger partial charge in [0.05, 0.1) is 11.2 Å². The fourth-order valence-electron chi connectivity index (χ4n) is 3.87. The lowest BCUT2D eigenvalue weighted by molar-refractivity contribution is -0.117. The van der Waals surface area contributed by atoms with Crippen LogP contribution in [-0.4, -0.2) is 43.2 Å². The molecule has 4 heterocycles. The molecule has 1 amide bonds. The van der Waals surface area contributed by atoms with Crippen LogP contribution in [0.5, 0.6) is 0 Å². The average Bonchev–Trinajstić information content (AvgIpc) is 3.29. The lowest BCUT2D eigenvalue weighted by Gasteiger charge is -2.18. The number of nitrogens with zero attached hydrogens (tertiary/aromatic N) is 6. The predicted octanol–water partition coefficient (Wildman–Crippen LogP) is 2.95. The first-order valence-corrected chi connectivity index (χ1v) is 9.86. The lowest BCUT2D eigenvalue weighted by atomic mass is 10.2. The van der Waals surface area contributed by atoms with Gasteiger partial charge >= 0.3 is 0 Å². The summed E-state index contributed by atoms with van der Waals surface area (Å²) in [4.78, 5) is 28.5. The maximum absolute atomic E-state index is 13.1. The summed E-state index contributed by atoms with van der Waals surface area (Å²) >= 11 is 0. The van der Waals surface area contributed by atoms with Crippen LogP contribution in [0.3, 0.4) is 0 Å². The number of hydrogen-bond acceptors (Lipinski definition) is 6. The Morgan fingerprint density at radius 1 is 1.13 bits per heavy atom. The SMILES string of the molecule is Cc1cc(N2CCC(Nc3nc(-c4cccnc4)nc4ccccc34)C2=O)n(C)n1. The van der Waals surface area contributed by atoms with Gasteiger partial charge in [-0.1, -0.05) is 12.1 Å². The minimum atomic E-state index is -0.361. The monoisotopic (exact) mass is 399 g/mol. The molecule has 1 N–H and O–H groups in total. The summed E-state index contributed by atoms with van der Waals surface area (Å²) in [5.41, 5.74) is 2.54. The van der Waals surface area contributed by atoms with Crippen molar-refractivity contribution in [3.05, 3.63) is 60.6 Å². The highest BCUT2D eigenvalue weighted by Crippen LogP contribution is 2.28. The number of nitrogens with one attached hydrogen (secondary N) is 1. The van der Waals surface area contributed by atoms with Gasteiger partial charge in [0.25, 0.3) is 5.91 Å². The van der Waals surface area contributed by atoms with Crippen molar-refractivity contribution in [2.24, 2.45) is 7.05 Å². The Kier molecular flexibility index (Phi) is 4.39. The van der Waals surface area contributed by atoms with Crippen LogP contribution in [0.15, 0.2) is 54.9 Å². The zero-order valence-electron chi connectivity index (χ0n) is 16.8. The molecule has 0 aliphatic carbocycles. The Morgan fingerprint density at radius 2 is 2.00 bits per heavy atom. The van der Waals surface area contributed by atoms with Crippen molar-refractivity contribution in [2.75, 3.05) is 16.8 Å². The topological polar surface area (TPSA) is 88.8 Å². The van der Waals surface area contributed by atoms with Crippen LogP contribution >= 0.6 is 0 Å². The van der Waals surface area contributed by atoms with Gasteiger partial charge in [-0.2, -0.15) is 5.10 Å². The first-order valence-electron chi connectivity index (χ1n) is 9.86. The molecule has 1 unspecified atom stereocenters. The van der Waals surface area contributed by atoms with E-state index >= 15 is 0 Å². The van der Waals surface area contributed by atoms with Gasteiger partial charge in [-0.3, -0.25) is 19.4 Å². The number of benzene rings is 1. The smallest absolute Gasteiger partial charge is 0.250 e. The minimum absolute atomic E-state index is 0.0172. The Bertz CT molecular complexity index is 1230. The number of amides is 1. The van der Waals surface area contributed by atoms with E-state index in [1.807, 2.05) is 56.4 Å². The predicted molar refractivity (Wildman–Crippen MR) is 115 cm³/mol. The number of carbonyl (C=O) groups excluding carboxylic acids is 1. The van der Waals surface area contributed by atoms with E-state index in [4.69, 9.17) is 4.98 Å². The number of aromatic nitrogens is 5. The van der Waals surface area contributed by atoms with E-state index in [-0.39, 0.29) is 11.9 Å². The number of hydrogen-bond donors (Lipinski definition) is 1. The van der Waals surface area contributed by atoms with Crippen LogP contribution in [-0.2, 0) is 11.8 Å². The number of rotatable bonds is 4.